The highest BCUT2D eigenvalue weighted by atomic mass is 16.4. The summed E-state index contributed by atoms with van der Waals surface area (Å²) in [7, 11) is 0. The number of carbonyl (C=O) groups excluding carboxylic acids is 1. The summed E-state index contributed by atoms with van der Waals surface area (Å²) in [6.07, 6.45) is 0. The van der Waals surface area contributed by atoms with E-state index >= 15 is 0 Å². The maximum Gasteiger partial charge on any atom is 0.328 e. The molecule has 1 unspecified atom stereocenters. The minimum absolute atomic E-state index is 0.468. The summed E-state index contributed by atoms with van der Waals surface area (Å²) in [6.45, 7) is 1.15. The molecule has 1 heterocycles. The molecule has 0 spiro atoms. The van der Waals surface area contributed by atoms with Crippen molar-refractivity contribution >= 4 is 28.6 Å². The van der Waals surface area contributed by atoms with Crippen molar-refractivity contribution in [1.82, 2.24) is 10.3 Å². The van der Waals surface area contributed by atoms with Crippen molar-refractivity contribution in [3.05, 3.63) is 36.0 Å². The minimum Gasteiger partial charge on any atom is -0.480 e. The molecule has 1 atom stereocenters. The molecule has 2 aromatic rings. The number of urea groups is 1. The van der Waals surface area contributed by atoms with Gasteiger partial charge in [0.15, 0.2) is 6.04 Å². The highest BCUT2D eigenvalue weighted by Crippen LogP contribution is 2.21. The second-order valence-corrected chi connectivity index (χ2v) is 4.50. The summed E-state index contributed by atoms with van der Waals surface area (Å²) in [5, 5.41) is 23.2. The third kappa shape index (κ3) is 3.46. The van der Waals surface area contributed by atoms with Crippen LogP contribution in [-0.2, 0) is 4.79 Å². The number of benzene rings is 1. The Balaban J connectivity index is 2.21. The third-order valence-corrected chi connectivity index (χ3v) is 2.89. The summed E-state index contributed by atoms with van der Waals surface area (Å²) in [5.74, 6) is -1.31. The molecule has 0 bridgehead atoms. The van der Waals surface area contributed by atoms with E-state index in [1.165, 1.54) is 0 Å². The van der Waals surface area contributed by atoms with Crippen molar-refractivity contribution in [2.75, 3.05) is 11.9 Å². The Morgan fingerprint density at radius 2 is 2.05 bits per heavy atom. The van der Waals surface area contributed by atoms with Crippen LogP contribution in [0.25, 0.3) is 10.9 Å². The molecule has 7 nitrogen and oxygen atoms in total. The van der Waals surface area contributed by atoms with E-state index in [1.54, 1.807) is 12.1 Å². The average Bonchev–Trinajstić information content (AvgIpc) is 2.45. The largest absolute Gasteiger partial charge is 0.480 e. The molecule has 0 saturated heterocycles. The SMILES string of the molecule is Cc1ccc2cccc(NC(=O)NC(CO)C(=O)O)c2n1. The molecule has 0 aliphatic rings. The van der Waals surface area contributed by atoms with Gasteiger partial charge in [0.2, 0.25) is 0 Å². The molecule has 0 aliphatic carbocycles. The number of aliphatic hydroxyl groups is 1. The van der Waals surface area contributed by atoms with Gasteiger partial charge >= 0.3 is 12.0 Å². The molecule has 110 valence electrons. The van der Waals surface area contributed by atoms with Crippen molar-refractivity contribution in [3.63, 3.8) is 0 Å². The van der Waals surface area contributed by atoms with E-state index in [-0.39, 0.29) is 0 Å². The maximum atomic E-state index is 11.8. The summed E-state index contributed by atoms with van der Waals surface area (Å²) in [4.78, 5) is 26.9. The molecule has 2 rings (SSSR count). The quantitative estimate of drug-likeness (QED) is 0.673. The average molecular weight is 289 g/mol. The first kappa shape index (κ1) is 14.7. The number of nitrogens with zero attached hydrogens (tertiary/aromatic N) is 1. The fourth-order valence-corrected chi connectivity index (χ4v) is 1.85. The number of rotatable bonds is 4. The molecule has 7 heteroatoms. The molecular formula is C14H15N3O4. The Labute approximate surface area is 120 Å². The standard InChI is InChI=1S/C14H15N3O4/c1-8-5-6-9-3-2-4-10(12(9)15-8)16-14(21)17-11(7-18)13(19)20/h2-6,11,18H,7H2,1H3,(H,19,20)(H2,16,17,21). The zero-order valence-electron chi connectivity index (χ0n) is 11.3. The second kappa shape index (κ2) is 6.19. The highest BCUT2D eigenvalue weighted by molar-refractivity contribution is 6.00. The van der Waals surface area contributed by atoms with Crippen LogP contribution in [0.4, 0.5) is 10.5 Å². The van der Waals surface area contributed by atoms with Crippen molar-refractivity contribution in [2.24, 2.45) is 0 Å². The molecular weight excluding hydrogens is 274 g/mol. The maximum absolute atomic E-state index is 11.8. The van der Waals surface area contributed by atoms with Crippen LogP contribution in [-0.4, -0.2) is 39.8 Å². The number of pyridine rings is 1. The van der Waals surface area contributed by atoms with Crippen molar-refractivity contribution in [2.45, 2.75) is 13.0 Å². The van der Waals surface area contributed by atoms with Gasteiger partial charge < -0.3 is 20.8 Å². The number of aromatic nitrogens is 1. The Morgan fingerprint density at radius 1 is 1.29 bits per heavy atom. The molecule has 21 heavy (non-hydrogen) atoms. The number of fused-ring (bicyclic) bond motifs is 1. The molecule has 0 aliphatic heterocycles. The van der Waals surface area contributed by atoms with Crippen LogP contribution in [0.2, 0.25) is 0 Å². The van der Waals surface area contributed by atoms with E-state index in [2.05, 4.69) is 15.6 Å². The Bertz CT molecular complexity index is 687. The number of carboxylic acid groups (broad SMARTS) is 1. The fourth-order valence-electron chi connectivity index (χ4n) is 1.85. The lowest BCUT2D eigenvalue weighted by molar-refractivity contribution is -0.140. The van der Waals surface area contributed by atoms with E-state index in [4.69, 9.17) is 10.2 Å². The van der Waals surface area contributed by atoms with E-state index < -0.39 is 24.6 Å². The van der Waals surface area contributed by atoms with Gasteiger partial charge in [0.1, 0.15) is 0 Å². The fraction of sp³-hybridized carbons (Fsp3) is 0.214. The van der Waals surface area contributed by atoms with Gasteiger partial charge in [-0.25, -0.2) is 9.59 Å². The van der Waals surface area contributed by atoms with Gasteiger partial charge in [-0.3, -0.25) is 4.98 Å². The van der Waals surface area contributed by atoms with Crippen LogP contribution in [0.15, 0.2) is 30.3 Å². The van der Waals surface area contributed by atoms with Gasteiger partial charge in [0.05, 0.1) is 17.8 Å². The van der Waals surface area contributed by atoms with E-state index in [9.17, 15) is 9.59 Å². The minimum atomic E-state index is -1.35. The first-order chi connectivity index (χ1) is 10.0. The van der Waals surface area contributed by atoms with E-state index in [1.807, 2.05) is 25.1 Å². The van der Waals surface area contributed by atoms with Crippen molar-refractivity contribution in [1.29, 1.82) is 0 Å². The predicted molar refractivity (Wildman–Crippen MR) is 77.1 cm³/mol. The highest BCUT2D eigenvalue weighted by Gasteiger charge is 2.19. The van der Waals surface area contributed by atoms with Crippen LogP contribution in [0.1, 0.15) is 5.69 Å². The number of aliphatic hydroxyl groups excluding tert-OH is 1. The topological polar surface area (TPSA) is 112 Å². The number of nitrogens with one attached hydrogen (secondary N) is 2. The lowest BCUT2D eigenvalue weighted by Gasteiger charge is -2.13. The Morgan fingerprint density at radius 3 is 2.71 bits per heavy atom. The molecule has 1 aromatic heterocycles. The number of carboxylic acids is 1. The van der Waals surface area contributed by atoms with Crippen LogP contribution in [0.5, 0.6) is 0 Å². The second-order valence-electron chi connectivity index (χ2n) is 4.50. The number of hydrogen-bond acceptors (Lipinski definition) is 4. The molecule has 0 radical (unpaired) electrons. The number of hydrogen-bond donors (Lipinski definition) is 4. The molecule has 4 N–H and O–H groups in total. The third-order valence-electron chi connectivity index (χ3n) is 2.89. The van der Waals surface area contributed by atoms with Crippen LogP contribution in [0, 0.1) is 6.92 Å². The molecule has 2 amide bonds. The summed E-state index contributed by atoms with van der Waals surface area (Å²) in [6, 6.07) is 6.96. The predicted octanol–water partition coefficient (Wildman–Crippen LogP) is 1.11. The van der Waals surface area contributed by atoms with E-state index in [0.717, 1.165) is 11.1 Å². The van der Waals surface area contributed by atoms with Gasteiger partial charge in [-0.05, 0) is 19.1 Å². The number of amides is 2. The Hall–Kier alpha value is -2.67. The summed E-state index contributed by atoms with van der Waals surface area (Å²) < 4.78 is 0. The molecule has 1 aromatic carbocycles. The van der Waals surface area contributed by atoms with Gasteiger partial charge in [-0.2, -0.15) is 0 Å². The van der Waals surface area contributed by atoms with Crippen LogP contribution >= 0.6 is 0 Å². The first-order valence-corrected chi connectivity index (χ1v) is 6.29. The van der Waals surface area contributed by atoms with Gasteiger partial charge in [0, 0.05) is 11.1 Å². The zero-order valence-corrected chi connectivity index (χ0v) is 11.3. The number of para-hydroxylation sites is 1. The molecule has 0 fully saturated rings. The lowest BCUT2D eigenvalue weighted by atomic mass is 10.2. The Kier molecular flexibility index (Phi) is 4.34. The van der Waals surface area contributed by atoms with Crippen molar-refractivity contribution in [3.8, 4) is 0 Å². The lowest BCUT2D eigenvalue weighted by Crippen LogP contribution is -2.45. The summed E-state index contributed by atoms with van der Waals surface area (Å²) in [5.41, 5.74) is 1.88. The summed E-state index contributed by atoms with van der Waals surface area (Å²) >= 11 is 0. The normalized spacial score (nSPS) is 11.9. The smallest absolute Gasteiger partial charge is 0.328 e. The zero-order chi connectivity index (χ0) is 15.4. The van der Waals surface area contributed by atoms with Crippen LogP contribution < -0.4 is 10.6 Å². The number of carbonyl (C=O) groups is 2. The molecule has 0 saturated carbocycles. The number of anilines is 1. The van der Waals surface area contributed by atoms with Crippen LogP contribution in [0.3, 0.4) is 0 Å². The van der Waals surface area contributed by atoms with Gasteiger partial charge in [-0.1, -0.05) is 18.2 Å². The van der Waals surface area contributed by atoms with Gasteiger partial charge in [0.25, 0.3) is 0 Å². The van der Waals surface area contributed by atoms with Gasteiger partial charge in [-0.15, -0.1) is 0 Å². The number of aryl methyl sites for hydroxylation is 1. The first-order valence-electron chi connectivity index (χ1n) is 6.29. The van der Waals surface area contributed by atoms with Crippen molar-refractivity contribution < 1.29 is 19.8 Å². The van der Waals surface area contributed by atoms with E-state index in [0.29, 0.717) is 11.2 Å². The number of aliphatic carboxylic acids is 1. The monoisotopic (exact) mass is 289 g/mol.